The monoisotopic (exact) mass is 369 g/mol. The van der Waals surface area contributed by atoms with Crippen LogP contribution in [0.2, 0.25) is 0 Å². The lowest BCUT2D eigenvalue weighted by atomic mass is 10.1. The van der Waals surface area contributed by atoms with Crippen molar-refractivity contribution in [2.75, 3.05) is 0 Å². The molecule has 150 valence electrons. The number of aryl methyl sites for hydroxylation is 2. The second-order valence-electron chi connectivity index (χ2n) is 7.95. The van der Waals surface area contributed by atoms with Gasteiger partial charge in [0.1, 0.15) is 12.4 Å². The summed E-state index contributed by atoms with van der Waals surface area (Å²) in [6.45, 7) is 6.90. The molecule has 0 radical (unpaired) electrons. The summed E-state index contributed by atoms with van der Waals surface area (Å²) >= 11 is 0. The maximum absolute atomic E-state index is 2.51. The van der Waals surface area contributed by atoms with Gasteiger partial charge in [-0.15, -0.1) is 0 Å². The maximum atomic E-state index is 2.51. The molecule has 2 rings (SSSR count). The molecule has 0 saturated carbocycles. The van der Waals surface area contributed by atoms with E-state index in [1.165, 1.54) is 82.0 Å². The van der Waals surface area contributed by atoms with E-state index in [0.29, 0.717) is 0 Å². The smallest absolute Gasteiger partial charge is 0.234 e. The summed E-state index contributed by atoms with van der Waals surface area (Å²) in [7, 11) is 0. The molecule has 0 spiro atoms. The van der Waals surface area contributed by atoms with E-state index in [4.69, 9.17) is 0 Å². The van der Waals surface area contributed by atoms with Gasteiger partial charge >= 0.3 is 0 Å². The van der Waals surface area contributed by atoms with Crippen LogP contribution < -0.4 is 4.57 Å². The van der Waals surface area contributed by atoms with Crippen molar-refractivity contribution in [3.05, 3.63) is 54.1 Å². The predicted octanol–water partition coefficient (Wildman–Crippen LogP) is 6.70. The molecule has 0 fully saturated rings. The number of nitrogens with zero attached hydrogens (tertiary/aromatic N) is 2. The van der Waals surface area contributed by atoms with E-state index in [9.17, 15) is 0 Å². The minimum atomic E-state index is 1.04. The van der Waals surface area contributed by atoms with Gasteiger partial charge < -0.3 is 0 Å². The third-order valence-electron chi connectivity index (χ3n) is 5.55. The molecular weight excluding hydrogens is 328 g/mol. The summed E-state index contributed by atoms with van der Waals surface area (Å²) in [5.74, 6) is 1.48. The van der Waals surface area contributed by atoms with Gasteiger partial charge in [-0.2, -0.15) is 0 Å². The van der Waals surface area contributed by atoms with Crippen LogP contribution in [0.5, 0.6) is 0 Å². The minimum Gasteiger partial charge on any atom is -0.234 e. The van der Waals surface area contributed by atoms with Crippen LogP contribution in [0.15, 0.2) is 42.7 Å². The van der Waals surface area contributed by atoms with E-state index in [0.717, 1.165) is 19.5 Å². The molecule has 0 unspecified atom stereocenters. The quantitative estimate of drug-likeness (QED) is 0.244. The highest BCUT2D eigenvalue weighted by Crippen LogP contribution is 2.11. The molecule has 1 aromatic carbocycles. The summed E-state index contributed by atoms with van der Waals surface area (Å²) in [5, 5.41) is 0. The Balaban J connectivity index is 1.93. The first-order valence-corrected chi connectivity index (χ1v) is 11.5. The molecule has 2 heteroatoms. The largest absolute Gasteiger partial charge is 0.260 e. The van der Waals surface area contributed by atoms with Crippen LogP contribution in [-0.2, 0) is 19.5 Å². The zero-order chi connectivity index (χ0) is 19.2. The molecule has 1 heterocycles. The van der Waals surface area contributed by atoms with E-state index in [1.807, 2.05) is 0 Å². The van der Waals surface area contributed by atoms with E-state index in [-0.39, 0.29) is 0 Å². The van der Waals surface area contributed by atoms with Gasteiger partial charge in [0.05, 0.1) is 19.5 Å². The second kappa shape index (κ2) is 13.6. The van der Waals surface area contributed by atoms with Gasteiger partial charge in [0, 0.05) is 0 Å². The van der Waals surface area contributed by atoms with E-state index >= 15 is 0 Å². The third-order valence-corrected chi connectivity index (χ3v) is 5.55. The van der Waals surface area contributed by atoms with Crippen molar-refractivity contribution in [3.8, 4) is 0 Å². The first kappa shape index (κ1) is 21.7. The Morgan fingerprint density at radius 2 is 1.37 bits per heavy atom. The van der Waals surface area contributed by atoms with Crippen molar-refractivity contribution in [2.24, 2.45) is 0 Å². The molecule has 0 aliphatic carbocycles. The van der Waals surface area contributed by atoms with Gasteiger partial charge in [0.15, 0.2) is 0 Å². The maximum Gasteiger partial charge on any atom is 0.260 e. The van der Waals surface area contributed by atoms with Crippen molar-refractivity contribution in [3.63, 3.8) is 0 Å². The normalized spacial score (nSPS) is 11.2. The van der Waals surface area contributed by atoms with E-state index in [2.05, 4.69) is 65.7 Å². The van der Waals surface area contributed by atoms with Gasteiger partial charge in [-0.25, -0.2) is 9.13 Å². The average molecular weight is 370 g/mol. The molecule has 0 aliphatic rings. The molecule has 0 atom stereocenters. The Kier molecular flexibility index (Phi) is 10.9. The molecule has 0 amide bonds. The van der Waals surface area contributed by atoms with Crippen LogP contribution in [0.25, 0.3) is 0 Å². The molecule has 0 saturated heterocycles. The number of unbranched alkanes of at least 4 members (excludes halogenated alkanes) is 9. The topological polar surface area (TPSA) is 8.81 Å². The fraction of sp³-hybridized carbons (Fsp3) is 0.640. The Morgan fingerprint density at radius 3 is 2.07 bits per heavy atom. The lowest BCUT2D eigenvalue weighted by molar-refractivity contribution is -0.703. The third kappa shape index (κ3) is 8.32. The standard InChI is InChI=1S/C25H41N2/c1-3-5-7-9-11-16-20-27-22-21-26(19-15-10-8-6-4-2)25(27)23-24-17-13-12-14-18-24/h12-14,17-18,21-22H,3-11,15-16,19-20,23H2,1-2H3/q+1. The second-order valence-corrected chi connectivity index (χ2v) is 7.95. The van der Waals surface area contributed by atoms with Gasteiger partial charge in [0.25, 0.3) is 5.82 Å². The van der Waals surface area contributed by atoms with Gasteiger partial charge in [-0.1, -0.05) is 89.1 Å². The summed E-state index contributed by atoms with van der Waals surface area (Å²) in [5.41, 5.74) is 1.42. The lowest BCUT2D eigenvalue weighted by Gasteiger charge is -2.07. The Bertz CT molecular complexity index is 600. The summed E-state index contributed by atoms with van der Waals surface area (Å²) in [6.07, 6.45) is 20.6. The SMILES string of the molecule is CCCCCCCCn1cc[n+](CCCCCCC)c1Cc1ccccc1. The highest BCUT2D eigenvalue weighted by atomic mass is 15.1. The molecule has 27 heavy (non-hydrogen) atoms. The molecule has 2 nitrogen and oxygen atoms in total. The molecule has 0 aliphatic heterocycles. The van der Waals surface area contributed by atoms with Gasteiger partial charge in [-0.05, 0) is 31.2 Å². The molecule has 0 N–H and O–H groups in total. The number of hydrogen-bond donors (Lipinski definition) is 0. The highest BCUT2D eigenvalue weighted by molar-refractivity contribution is 5.18. The molecule has 0 bridgehead atoms. The van der Waals surface area contributed by atoms with Crippen LogP contribution in [0, 0.1) is 0 Å². The zero-order valence-electron chi connectivity index (χ0n) is 17.8. The molecule has 2 aromatic rings. The predicted molar refractivity (Wildman–Crippen MR) is 116 cm³/mol. The molecular formula is C25H41N2+. The number of benzene rings is 1. The first-order chi connectivity index (χ1) is 13.3. The van der Waals surface area contributed by atoms with Crippen molar-refractivity contribution < 1.29 is 4.57 Å². The first-order valence-electron chi connectivity index (χ1n) is 11.5. The van der Waals surface area contributed by atoms with Crippen LogP contribution >= 0.6 is 0 Å². The fourth-order valence-corrected chi connectivity index (χ4v) is 3.83. The van der Waals surface area contributed by atoms with Gasteiger partial charge in [-0.3, -0.25) is 0 Å². The lowest BCUT2D eigenvalue weighted by Crippen LogP contribution is -2.37. The Hall–Kier alpha value is -1.57. The molecule has 1 aromatic heterocycles. The van der Waals surface area contributed by atoms with Crippen molar-refractivity contribution in [1.82, 2.24) is 4.57 Å². The fourth-order valence-electron chi connectivity index (χ4n) is 3.83. The number of imidazole rings is 1. The minimum absolute atomic E-state index is 1.04. The highest BCUT2D eigenvalue weighted by Gasteiger charge is 2.17. The van der Waals surface area contributed by atoms with Crippen LogP contribution in [0.1, 0.15) is 95.9 Å². The summed E-state index contributed by atoms with van der Waals surface area (Å²) < 4.78 is 5.02. The van der Waals surface area contributed by atoms with Crippen LogP contribution in [0.4, 0.5) is 0 Å². The van der Waals surface area contributed by atoms with Crippen LogP contribution in [0.3, 0.4) is 0 Å². The average Bonchev–Trinajstić information content (AvgIpc) is 3.07. The van der Waals surface area contributed by atoms with Crippen LogP contribution in [-0.4, -0.2) is 4.57 Å². The summed E-state index contributed by atoms with van der Waals surface area (Å²) in [6, 6.07) is 10.9. The van der Waals surface area contributed by atoms with Crippen molar-refractivity contribution >= 4 is 0 Å². The van der Waals surface area contributed by atoms with E-state index < -0.39 is 0 Å². The Morgan fingerprint density at radius 1 is 0.741 bits per heavy atom. The summed E-state index contributed by atoms with van der Waals surface area (Å²) in [4.78, 5) is 0. The number of aromatic nitrogens is 2. The number of hydrogen-bond acceptors (Lipinski definition) is 0. The Labute approximate surface area is 167 Å². The van der Waals surface area contributed by atoms with Crippen molar-refractivity contribution in [1.29, 1.82) is 0 Å². The van der Waals surface area contributed by atoms with Crippen molar-refractivity contribution in [2.45, 2.75) is 104 Å². The number of rotatable bonds is 15. The van der Waals surface area contributed by atoms with E-state index in [1.54, 1.807) is 0 Å². The zero-order valence-corrected chi connectivity index (χ0v) is 17.8. The van der Waals surface area contributed by atoms with Gasteiger partial charge in [0.2, 0.25) is 0 Å².